The van der Waals surface area contributed by atoms with Gasteiger partial charge in [-0.2, -0.15) is 0 Å². The maximum absolute atomic E-state index is 14.1. The highest BCUT2D eigenvalue weighted by atomic mass is 16.2. The number of nitrogens with zero attached hydrogens (tertiary/aromatic N) is 5. The van der Waals surface area contributed by atoms with Gasteiger partial charge in [-0.3, -0.25) is 43.1 Å². The maximum Gasteiger partial charge on any atom is 0.261 e. The number of anilines is 1. The quantitative estimate of drug-likeness (QED) is 0.0249. The molecule has 1 aliphatic heterocycles. The smallest absolute Gasteiger partial charge is 0.261 e. The van der Waals surface area contributed by atoms with Crippen LogP contribution in [0.15, 0.2) is 34.3 Å². The molecule has 4 atom stereocenters. The number of benzene rings is 1. The molecule has 0 saturated carbocycles. The lowest BCUT2D eigenvalue weighted by Crippen LogP contribution is -2.58. The number of aliphatic imine (C=N–C) groups is 1. The molecule has 19 heteroatoms. The van der Waals surface area contributed by atoms with E-state index in [1.807, 2.05) is 19.9 Å². The molecule has 19 nitrogen and oxygen atoms in total. The Bertz CT molecular complexity index is 2100. The molecular formula is C55H94N12O7. The molecule has 2 heterocycles. The highest BCUT2D eigenvalue weighted by Gasteiger charge is 2.33. The van der Waals surface area contributed by atoms with Crippen LogP contribution in [0.5, 0.6) is 0 Å². The minimum atomic E-state index is -0.815. The van der Waals surface area contributed by atoms with Crippen LogP contribution in [-0.4, -0.2) is 120 Å². The van der Waals surface area contributed by atoms with Crippen LogP contribution in [0, 0.1) is 5.92 Å². The number of ketones is 1. The van der Waals surface area contributed by atoms with Crippen molar-refractivity contribution in [1.82, 2.24) is 35.7 Å². The molecule has 1 aromatic carbocycles. The van der Waals surface area contributed by atoms with E-state index in [4.69, 9.17) is 17.2 Å². The number of fused-ring (bicyclic) bond motifs is 1. The van der Waals surface area contributed by atoms with E-state index in [0.717, 1.165) is 31.4 Å². The van der Waals surface area contributed by atoms with Gasteiger partial charge in [0.15, 0.2) is 11.7 Å². The first-order valence-corrected chi connectivity index (χ1v) is 28.1. The van der Waals surface area contributed by atoms with E-state index >= 15 is 0 Å². The van der Waals surface area contributed by atoms with Crippen molar-refractivity contribution in [3.8, 4) is 0 Å². The molecule has 0 unspecified atom stereocenters. The zero-order valence-electron chi connectivity index (χ0n) is 45.6. The third-order valence-electron chi connectivity index (χ3n) is 14.1. The standard InChI is InChI=1S/C55H94N12O7/c1-5-7-8-9-10-11-12-13-14-15-16-17-19-27-48(69)59-32-23-18-20-28-49(70)64-51(41(3)6-2)52(72)63-47(25-21-22-31-56)54(74)66-36-34-65(35-37-66)43-29-30-46-44(38-43)53(73)67(40-61-46)39-50(71)62-45(42(4)68)26-24-33-60-55(57)58/h29-30,38,40-41,45,47,51H,5-28,31-37,39,56H2,1-4H3,(H,59,69)(H,62,71)(H,63,72)(H,64,70)(H4,57,58,60)/t41-,45-,47-,51-/m0/s1. The van der Waals surface area contributed by atoms with E-state index in [9.17, 15) is 33.6 Å². The van der Waals surface area contributed by atoms with Crippen LogP contribution in [0.4, 0.5) is 5.69 Å². The number of unbranched alkanes of at least 4 members (excludes halogenated alkanes) is 15. The van der Waals surface area contributed by atoms with E-state index in [1.54, 1.807) is 17.0 Å². The lowest BCUT2D eigenvalue weighted by molar-refractivity contribution is -0.138. The maximum atomic E-state index is 14.1. The molecule has 0 bridgehead atoms. The second-order valence-electron chi connectivity index (χ2n) is 20.3. The van der Waals surface area contributed by atoms with Crippen LogP contribution in [0.25, 0.3) is 10.9 Å². The first-order chi connectivity index (χ1) is 35.7. The topological polar surface area (TPSA) is 282 Å². The number of hydrogen-bond donors (Lipinski definition) is 7. The van der Waals surface area contributed by atoms with Gasteiger partial charge in [-0.15, -0.1) is 0 Å². The van der Waals surface area contributed by atoms with Gasteiger partial charge >= 0.3 is 0 Å². The predicted octanol–water partition coefficient (Wildman–Crippen LogP) is 5.48. The van der Waals surface area contributed by atoms with Crippen LogP contribution in [0.2, 0.25) is 0 Å². The van der Waals surface area contributed by atoms with Crippen molar-refractivity contribution < 1.29 is 28.8 Å². The van der Waals surface area contributed by atoms with Gasteiger partial charge in [0, 0.05) is 57.8 Å². The fourth-order valence-electron chi connectivity index (χ4n) is 9.30. The summed E-state index contributed by atoms with van der Waals surface area (Å²) in [7, 11) is 0. The summed E-state index contributed by atoms with van der Waals surface area (Å²) in [6.07, 6.45) is 24.0. The Kier molecular flexibility index (Phi) is 30.8. The lowest BCUT2D eigenvalue weighted by Gasteiger charge is -2.38. The van der Waals surface area contributed by atoms with Crippen molar-refractivity contribution >= 4 is 57.9 Å². The zero-order valence-corrected chi connectivity index (χ0v) is 45.6. The molecule has 2 aromatic rings. The molecule has 5 amide bonds. The zero-order chi connectivity index (χ0) is 54.1. The minimum Gasteiger partial charge on any atom is -0.370 e. The monoisotopic (exact) mass is 1030 g/mol. The van der Waals surface area contributed by atoms with Gasteiger partial charge in [-0.25, -0.2) is 4.98 Å². The number of guanidine groups is 1. The van der Waals surface area contributed by atoms with E-state index in [0.29, 0.717) is 108 Å². The average Bonchev–Trinajstić information content (AvgIpc) is 3.38. The van der Waals surface area contributed by atoms with Crippen molar-refractivity contribution in [3.63, 3.8) is 0 Å². The lowest BCUT2D eigenvalue weighted by atomic mass is 9.97. The normalized spacial score (nSPS) is 14.2. The number of aromatic nitrogens is 2. The number of Topliss-reactive ketones (excluding diaryl/α,β-unsaturated/α-hetero) is 1. The Labute approximate surface area is 441 Å². The van der Waals surface area contributed by atoms with Crippen LogP contribution >= 0.6 is 0 Å². The number of carbonyl (C=O) groups is 6. The molecule has 416 valence electrons. The first-order valence-electron chi connectivity index (χ1n) is 28.1. The second-order valence-corrected chi connectivity index (χ2v) is 20.3. The van der Waals surface area contributed by atoms with Crippen LogP contribution in [-0.2, 0) is 35.3 Å². The summed E-state index contributed by atoms with van der Waals surface area (Å²) in [4.78, 5) is 105. The average molecular weight is 1040 g/mol. The largest absolute Gasteiger partial charge is 0.370 e. The van der Waals surface area contributed by atoms with Crippen molar-refractivity contribution in [2.24, 2.45) is 28.1 Å². The Morgan fingerprint density at radius 3 is 1.92 bits per heavy atom. The number of nitrogens with two attached hydrogens (primary N) is 3. The second kappa shape index (κ2) is 36.4. The van der Waals surface area contributed by atoms with E-state index in [-0.39, 0.29) is 48.3 Å². The van der Waals surface area contributed by atoms with Crippen LogP contribution < -0.4 is 48.9 Å². The highest BCUT2D eigenvalue weighted by Crippen LogP contribution is 2.22. The highest BCUT2D eigenvalue weighted by molar-refractivity contribution is 5.92. The molecule has 1 aliphatic rings. The fourth-order valence-corrected chi connectivity index (χ4v) is 9.30. The Morgan fingerprint density at radius 1 is 0.703 bits per heavy atom. The number of rotatable bonds is 39. The Hall–Kier alpha value is -5.59. The van der Waals surface area contributed by atoms with Gasteiger partial charge in [0.2, 0.25) is 29.5 Å². The molecule has 3 rings (SSSR count). The molecule has 1 saturated heterocycles. The molecule has 10 N–H and O–H groups in total. The van der Waals surface area contributed by atoms with Crippen molar-refractivity contribution in [2.75, 3.05) is 50.7 Å². The van der Waals surface area contributed by atoms with Gasteiger partial charge in [0.1, 0.15) is 18.6 Å². The van der Waals surface area contributed by atoms with Crippen molar-refractivity contribution in [2.45, 2.75) is 206 Å². The molecule has 1 fully saturated rings. The Morgan fingerprint density at radius 2 is 1.31 bits per heavy atom. The fraction of sp³-hybridized carbons (Fsp3) is 0.727. The summed E-state index contributed by atoms with van der Waals surface area (Å²) in [6, 6.07) is 2.97. The summed E-state index contributed by atoms with van der Waals surface area (Å²) >= 11 is 0. The third kappa shape index (κ3) is 24.2. The van der Waals surface area contributed by atoms with Gasteiger partial charge in [0.25, 0.3) is 5.56 Å². The number of amides is 5. The van der Waals surface area contributed by atoms with Crippen LogP contribution in [0.3, 0.4) is 0 Å². The summed E-state index contributed by atoms with van der Waals surface area (Å²) < 4.78 is 1.21. The SMILES string of the molecule is CCCCCCCCCCCCCCCC(=O)NCCCCCC(=O)N[C@H](C(=O)N[C@@H](CCCCN)C(=O)N1CCN(c2ccc3ncn(CC(=O)N[C@@H](CCCN=C(N)N)C(C)=O)c(=O)c3c2)CC1)[C@@H](C)CC. The third-order valence-corrected chi connectivity index (χ3v) is 14.1. The number of carbonyl (C=O) groups excluding carboxylic acids is 6. The van der Waals surface area contributed by atoms with Crippen LogP contribution in [0.1, 0.15) is 182 Å². The minimum absolute atomic E-state index is 0.0545. The van der Waals surface area contributed by atoms with Gasteiger partial charge in [-0.1, -0.05) is 111 Å². The Balaban J connectivity index is 1.46. The van der Waals surface area contributed by atoms with Gasteiger partial charge < -0.3 is 48.3 Å². The first kappa shape index (κ1) is 62.7. The molecule has 74 heavy (non-hydrogen) atoms. The van der Waals surface area contributed by atoms with Gasteiger partial charge in [0.05, 0.1) is 23.3 Å². The summed E-state index contributed by atoms with van der Waals surface area (Å²) in [5.74, 6) is -1.71. The van der Waals surface area contributed by atoms with Crippen molar-refractivity contribution in [1.29, 1.82) is 0 Å². The van der Waals surface area contributed by atoms with Crippen molar-refractivity contribution in [3.05, 3.63) is 34.9 Å². The molecule has 0 radical (unpaired) electrons. The summed E-state index contributed by atoms with van der Waals surface area (Å²) in [6.45, 7) is 10.2. The molecule has 1 aromatic heterocycles. The van der Waals surface area contributed by atoms with E-state index in [2.05, 4.69) is 43.1 Å². The van der Waals surface area contributed by atoms with E-state index in [1.165, 1.54) is 88.4 Å². The molecule has 0 aliphatic carbocycles. The predicted molar refractivity (Wildman–Crippen MR) is 295 cm³/mol. The number of nitrogens with one attached hydrogen (secondary N) is 4. The van der Waals surface area contributed by atoms with Gasteiger partial charge in [-0.05, 0) is 89.0 Å². The number of piperazine rings is 1. The molecular weight excluding hydrogens is 941 g/mol. The summed E-state index contributed by atoms with van der Waals surface area (Å²) in [5.41, 5.74) is 17.4. The van der Waals surface area contributed by atoms with E-state index < -0.39 is 35.5 Å². The summed E-state index contributed by atoms with van der Waals surface area (Å²) in [5, 5.41) is 12.0. The molecule has 0 spiro atoms. The number of hydrogen-bond acceptors (Lipinski definition) is 11.